The third-order valence-electron chi connectivity index (χ3n) is 3.53. The highest BCUT2D eigenvalue weighted by molar-refractivity contribution is 7.90. The number of hydrogen-bond donors (Lipinski definition) is 0. The van der Waals surface area contributed by atoms with E-state index in [2.05, 4.69) is 37.4 Å². The topological polar surface area (TPSA) is 34.1 Å². The molecule has 1 rings (SSSR count). The van der Waals surface area contributed by atoms with Crippen LogP contribution in [0.1, 0.15) is 18.4 Å². The van der Waals surface area contributed by atoms with Crippen molar-refractivity contribution in [3.8, 4) is 0 Å². The smallest absolute Gasteiger partial charge is 0.147 e. The van der Waals surface area contributed by atoms with Gasteiger partial charge >= 0.3 is 0 Å². The zero-order chi connectivity index (χ0) is 14.4. The SMILES string of the molecule is C[Si](C)(CCCc1ccccc1)CCCS(C)(=O)=O. The summed E-state index contributed by atoms with van der Waals surface area (Å²) >= 11 is 0. The second-order valence-corrected chi connectivity index (χ2v) is 13.8. The van der Waals surface area contributed by atoms with Crippen LogP contribution in [0, 0.1) is 0 Å². The lowest BCUT2D eigenvalue weighted by Crippen LogP contribution is -2.25. The average Bonchev–Trinajstić information content (AvgIpc) is 2.28. The summed E-state index contributed by atoms with van der Waals surface area (Å²) in [6.07, 6.45) is 4.53. The maximum atomic E-state index is 11.1. The maximum absolute atomic E-state index is 11.1. The van der Waals surface area contributed by atoms with Crippen molar-refractivity contribution in [2.24, 2.45) is 0 Å². The fourth-order valence-electron chi connectivity index (χ4n) is 2.35. The van der Waals surface area contributed by atoms with Gasteiger partial charge in [-0.25, -0.2) is 8.42 Å². The molecule has 1 aromatic carbocycles. The Kier molecular flexibility index (Phi) is 6.27. The van der Waals surface area contributed by atoms with Crippen LogP contribution in [-0.4, -0.2) is 28.5 Å². The molecule has 0 aliphatic carbocycles. The standard InChI is InChI=1S/C15H26O2SSi/c1-18(16,17)12-8-14-19(2,3)13-7-11-15-9-5-4-6-10-15/h4-6,9-10H,7-8,11-14H2,1-3H3. The monoisotopic (exact) mass is 298 g/mol. The summed E-state index contributed by atoms with van der Waals surface area (Å²) in [5, 5.41) is 0. The van der Waals surface area contributed by atoms with Crippen LogP contribution in [0.4, 0.5) is 0 Å². The van der Waals surface area contributed by atoms with Crippen molar-refractivity contribution in [3.05, 3.63) is 35.9 Å². The van der Waals surface area contributed by atoms with Crippen LogP contribution in [0.25, 0.3) is 0 Å². The van der Waals surface area contributed by atoms with Gasteiger partial charge in [-0.15, -0.1) is 0 Å². The van der Waals surface area contributed by atoms with Crippen LogP contribution in [0.15, 0.2) is 30.3 Å². The maximum Gasteiger partial charge on any atom is 0.147 e. The van der Waals surface area contributed by atoms with E-state index in [0.717, 1.165) is 18.9 Å². The number of rotatable bonds is 8. The largest absolute Gasteiger partial charge is 0.229 e. The van der Waals surface area contributed by atoms with E-state index in [9.17, 15) is 8.42 Å². The van der Waals surface area contributed by atoms with Crippen LogP contribution >= 0.6 is 0 Å². The van der Waals surface area contributed by atoms with Gasteiger partial charge in [0.1, 0.15) is 9.84 Å². The highest BCUT2D eigenvalue weighted by atomic mass is 32.2. The van der Waals surface area contributed by atoms with Gasteiger partial charge in [0.05, 0.1) is 0 Å². The first kappa shape index (κ1) is 16.4. The van der Waals surface area contributed by atoms with E-state index in [-0.39, 0.29) is 0 Å². The van der Waals surface area contributed by atoms with Gasteiger partial charge in [0, 0.05) is 20.1 Å². The lowest BCUT2D eigenvalue weighted by atomic mass is 10.1. The molecule has 0 aromatic heterocycles. The van der Waals surface area contributed by atoms with Crippen molar-refractivity contribution in [1.29, 1.82) is 0 Å². The van der Waals surface area contributed by atoms with Crippen molar-refractivity contribution in [2.75, 3.05) is 12.0 Å². The Morgan fingerprint density at radius 2 is 1.58 bits per heavy atom. The van der Waals surface area contributed by atoms with Gasteiger partial charge < -0.3 is 0 Å². The van der Waals surface area contributed by atoms with Crippen molar-refractivity contribution in [1.82, 2.24) is 0 Å². The lowest BCUT2D eigenvalue weighted by Gasteiger charge is -2.22. The molecule has 0 fully saturated rings. The molecule has 19 heavy (non-hydrogen) atoms. The average molecular weight is 299 g/mol. The molecule has 0 saturated heterocycles. The summed E-state index contributed by atoms with van der Waals surface area (Å²) < 4.78 is 22.3. The first-order chi connectivity index (χ1) is 8.79. The predicted octanol–water partition coefficient (Wildman–Crippen LogP) is 3.76. The molecule has 0 N–H and O–H groups in total. The molecule has 0 aliphatic heterocycles. The summed E-state index contributed by atoms with van der Waals surface area (Å²) in [5.74, 6) is 0.349. The van der Waals surface area contributed by atoms with Gasteiger partial charge in [0.15, 0.2) is 0 Å². The summed E-state index contributed by atoms with van der Waals surface area (Å²) in [4.78, 5) is 0. The molecule has 4 heteroatoms. The molecule has 0 spiro atoms. The quantitative estimate of drug-likeness (QED) is 0.685. The first-order valence-corrected chi connectivity index (χ1v) is 12.5. The molecular formula is C15H26O2SSi. The minimum atomic E-state index is -2.79. The Morgan fingerprint density at radius 3 is 2.16 bits per heavy atom. The number of benzene rings is 1. The second-order valence-electron chi connectivity index (χ2n) is 6.24. The minimum absolute atomic E-state index is 0.349. The third kappa shape index (κ3) is 8.21. The summed E-state index contributed by atoms with van der Waals surface area (Å²) in [7, 11) is -4.01. The van der Waals surface area contributed by atoms with Crippen molar-refractivity contribution < 1.29 is 8.42 Å². The van der Waals surface area contributed by atoms with Gasteiger partial charge in [0.25, 0.3) is 0 Å². The zero-order valence-electron chi connectivity index (χ0n) is 12.4. The van der Waals surface area contributed by atoms with E-state index in [1.54, 1.807) is 0 Å². The Balaban J connectivity index is 2.27. The van der Waals surface area contributed by atoms with E-state index < -0.39 is 17.9 Å². The Labute approximate surface area is 119 Å². The normalized spacial score (nSPS) is 12.6. The fraction of sp³-hybridized carbons (Fsp3) is 0.600. The van der Waals surface area contributed by atoms with E-state index in [1.807, 2.05) is 6.07 Å². The number of aryl methyl sites for hydroxylation is 1. The predicted molar refractivity (Wildman–Crippen MR) is 86.2 cm³/mol. The fourth-order valence-corrected chi connectivity index (χ4v) is 5.80. The first-order valence-electron chi connectivity index (χ1n) is 7.00. The Bertz CT molecular complexity index is 466. The molecular weight excluding hydrogens is 272 g/mol. The Morgan fingerprint density at radius 1 is 1.00 bits per heavy atom. The van der Waals surface area contributed by atoms with Gasteiger partial charge in [0.2, 0.25) is 0 Å². The van der Waals surface area contributed by atoms with Gasteiger partial charge in [-0.05, 0) is 18.4 Å². The summed E-state index contributed by atoms with van der Waals surface area (Å²) in [6, 6.07) is 13.0. The summed E-state index contributed by atoms with van der Waals surface area (Å²) in [5.41, 5.74) is 1.41. The number of sulfone groups is 1. The molecule has 0 saturated carbocycles. The molecule has 0 aliphatic rings. The third-order valence-corrected chi connectivity index (χ3v) is 7.97. The van der Waals surface area contributed by atoms with Crippen molar-refractivity contribution >= 4 is 17.9 Å². The molecule has 0 atom stereocenters. The van der Waals surface area contributed by atoms with E-state index in [0.29, 0.717) is 5.75 Å². The molecule has 2 nitrogen and oxygen atoms in total. The van der Waals surface area contributed by atoms with Gasteiger partial charge in [-0.3, -0.25) is 0 Å². The van der Waals surface area contributed by atoms with Crippen LogP contribution in [0.3, 0.4) is 0 Å². The van der Waals surface area contributed by atoms with E-state index >= 15 is 0 Å². The molecule has 0 bridgehead atoms. The molecule has 108 valence electrons. The summed E-state index contributed by atoms with van der Waals surface area (Å²) in [6.45, 7) is 4.75. The van der Waals surface area contributed by atoms with Crippen LogP contribution in [0.5, 0.6) is 0 Å². The van der Waals surface area contributed by atoms with Gasteiger partial charge in [-0.1, -0.05) is 61.9 Å². The molecule has 0 heterocycles. The van der Waals surface area contributed by atoms with Crippen LogP contribution in [-0.2, 0) is 16.3 Å². The van der Waals surface area contributed by atoms with Crippen LogP contribution in [0.2, 0.25) is 25.2 Å². The minimum Gasteiger partial charge on any atom is -0.229 e. The highest BCUT2D eigenvalue weighted by Gasteiger charge is 2.20. The highest BCUT2D eigenvalue weighted by Crippen LogP contribution is 2.21. The zero-order valence-corrected chi connectivity index (χ0v) is 14.2. The molecule has 0 amide bonds. The number of hydrogen-bond acceptors (Lipinski definition) is 2. The molecule has 0 radical (unpaired) electrons. The lowest BCUT2D eigenvalue weighted by molar-refractivity contribution is 0.600. The van der Waals surface area contributed by atoms with E-state index in [4.69, 9.17) is 0 Å². The molecule has 1 aromatic rings. The second kappa shape index (κ2) is 7.24. The van der Waals surface area contributed by atoms with E-state index in [1.165, 1.54) is 24.3 Å². The van der Waals surface area contributed by atoms with Crippen molar-refractivity contribution in [2.45, 2.75) is 44.4 Å². The Hall–Kier alpha value is -0.613. The molecule has 0 unspecified atom stereocenters. The van der Waals surface area contributed by atoms with Crippen molar-refractivity contribution in [3.63, 3.8) is 0 Å². The van der Waals surface area contributed by atoms with Crippen LogP contribution < -0.4 is 0 Å². The van der Waals surface area contributed by atoms with Gasteiger partial charge in [-0.2, -0.15) is 0 Å².